The molecule has 0 radical (unpaired) electrons. The molecule has 2 saturated heterocycles. The first kappa shape index (κ1) is 28.4. The van der Waals surface area contributed by atoms with Crippen LogP contribution in [0.2, 0.25) is 0 Å². The summed E-state index contributed by atoms with van der Waals surface area (Å²) in [7, 11) is 0. The van der Waals surface area contributed by atoms with Crippen molar-refractivity contribution in [3.63, 3.8) is 0 Å². The minimum atomic E-state index is -1.37. The third-order valence-electron chi connectivity index (χ3n) is 6.76. The number of aliphatic carboxylic acids is 1. The van der Waals surface area contributed by atoms with Crippen molar-refractivity contribution in [1.29, 1.82) is 0 Å². The van der Waals surface area contributed by atoms with Crippen molar-refractivity contribution in [3.05, 3.63) is 21.7 Å². The van der Waals surface area contributed by atoms with Gasteiger partial charge in [0.15, 0.2) is 5.13 Å². The van der Waals surface area contributed by atoms with E-state index >= 15 is 0 Å². The van der Waals surface area contributed by atoms with E-state index in [4.69, 9.17) is 0 Å². The summed E-state index contributed by atoms with van der Waals surface area (Å²) >= 11 is 2.79. The molecule has 10 nitrogen and oxygen atoms in total. The molecule has 3 aliphatic heterocycles. The summed E-state index contributed by atoms with van der Waals surface area (Å²) < 4.78 is 0. The minimum absolute atomic E-state index is 0. The fourth-order valence-corrected chi connectivity index (χ4v) is 7.04. The molecule has 0 aliphatic carbocycles. The summed E-state index contributed by atoms with van der Waals surface area (Å²) in [6.45, 7) is 8.38. The molecule has 0 aromatic carbocycles. The molecule has 1 aromatic rings. The molecule has 3 N–H and O–H groups in total. The Morgan fingerprint density at radius 3 is 2.54 bits per heavy atom. The Morgan fingerprint density at radius 1 is 1.34 bits per heavy atom. The van der Waals surface area contributed by atoms with Gasteiger partial charge in [0.2, 0.25) is 5.91 Å². The topological polar surface area (TPSA) is 146 Å². The van der Waals surface area contributed by atoms with Crippen molar-refractivity contribution in [1.82, 2.24) is 15.2 Å². The summed E-state index contributed by atoms with van der Waals surface area (Å²) in [5.41, 5.74) is 0.230. The van der Waals surface area contributed by atoms with Crippen LogP contribution in [0, 0.1) is 17.8 Å². The van der Waals surface area contributed by atoms with Crippen molar-refractivity contribution < 1.29 is 59.3 Å². The molecule has 4 rings (SSSR count). The monoisotopic (exact) mass is 532 g/mol. The molecule has 35 heavy (non-hydrogen) atoms. The van der Waals surface area contributed by atoms with Gasteiger partial charge in [-0.3, -0.25) is 9.59 Å². The number of nitrogens with zero attached hydrogens (tertiary/aromatic N) is 3. The first-order chi connectivity index (χ1) is 16.0. The normalized spacial score (nSPS) is 25.6. The van der Waals surface area contributed by atoms with Gasteiger partial charge in [-0.2, -0.15) is 0 Å². The number of carbonyl (C=O) groups is 3. The molecular formula is C22H29N4NaO6S2. The van der Waals surface area contributed by atoms with E-state index in [0.717, 1.165) is 0 Å². The van der Waals surface area contributed by atoms with Gasteiger partial charge in [0.05, 0.1) is 42.4 Å². The second-order valence-corrected chi connectivity index (χ2v) is 11.6. The van der Waals surface area contributed by atoms with Crippen LogP contribution in [-0.4, -0.2) is 81.0 Å². The van der Waals surface area contributed by atoms with Crippen LogP contribution in [0.15, 0.2) is 16.0 Å². The predicted molar refractivity (Wildman–Crippen MR) is 126 cm³/mol. The van der Waals surface area contributed by atoms with E-state index in [1.165, 1.54) is 28.0 Å². The SMILES string of the molecule is CC(C)[C@@H](CO)NC(=O)c1csc(N2CC(SC3=C(C(=O)[O-])N4C(=O)C([C@@H](C)O)C4[C@H]3C)C2)n1.[Na+]. The predicted octanol–water partition coefficient (Wildman–Crippen LogP) is -3.37. The van der Waals surface area contributed by atoms with Gasteiger partial charge in [-0.25, -0.2) is 4.98 Å². The van der Waals surface area contributed by atoms with Gasteiger partial charge in [-0.15, -0.1) is 23.1 Å². The second-order valence-electron chi connectivity index (χ2n) is 9.42. The number of β-lactam (4-membered cyclic amide) rings is 1. The fraction of sp³-hybridized carbons (Fsp3) is 0.636. The van der Waals surface area contributed by atoms with E-state index in [1.54, 1.807) is 12.3 Å². The summed E-state index contributed by atoms with van der Waals surface area (Å²) in [6, 6.07) is -0.693. The Kier molecular flexibility index (Phi) is 8.99. The number of carboxylic acids is 1. The number of fused-ring (bicyclic) bond motifs is 1. The van der Waals surface area contributed by atoms with Gasteiger partial charge in [0.25, 0.3) is 5.91 Å². The number of amides is 2. The molecule has 0 spiro atoms. The Labute approximate surface area is 234 Å². The zero-order chi connectivity index (χ0) is 24.9. The Balaban J connectivity index is 0.00000342. The number of carbonyl (C=O) groups excluding carboxylic acids is 3. The van der Waals surface area contributed by atoms with Crippen LogP contribution in [0.1, 0.15) is 38.2 Å². The number of hydrogen-bond acceptors (Lipinski definition) is 10. The first-order valence-electron chi connectivity index (χ1n) is 11.3. The summed E-state index contributed by atoms with van der Waals surface area (Å²) in [5, 5.41) is 36.5. The Morgan fingerprint density at radius 2 is 2.00 bits per heavy atom. The number of rotatable bonds is 9. The molecular weight excluding hydrogens is 503 g/mol. The molecule has 0 bridgehead atoms. The third-order valence-corrected chi connectivity index (χ3v) is 9.11. The van der Waals surface area contributed by atoms with E-state index in [9.17, 15) is 29.7 Å². The first-order valence-corrected chi connectivity index (χ1v) is 13.1. The van der Waals surface area contributed by atoms with Crippen LogP contribution in [0.3, 0.4) is 0 Å². The Hall–Kier alpha value is -1.15. The zero-order valence-corrected chi connectivity index (χ0v) is 24.1. The molecule has 4 heterocycles. The van der Waals surface area contributed by atoms with Gasteiger partial charge in [-0.05, 0) is 12.8 Å². The number of aliphatic hydroxyl groups is 2. The number of carboxylic acid groups (broad SMARTS) is 1. The number of aromatic nitrogens is 1. The zero-order valence-electron chi connectivity index (χ0n) is 20.4. The fourth-order valence-electron chi connectivity index (χ4n) is 4.70. The van der Waals surface area contributed by atoms with Crippen molar-refractivity contribution in [3.8, 4) is 0 Å². The molecule has 0 saturated carbocycles. The van der Waals surface area contributed by atoms with Crippen LogP contribution >= 0.6 is 23.1 Å². The standard InChI is InChI=1S/C22H30N4O6S2.Na/c1-9(2)13(7-27)23-19(29)14-8-33-22(24-14)25-5-12(6-25)34-18-10(3)16-15(11(4)28)20(30)26(16)17(18)21(31)32;/h8-13,15-16,27-28H,5-7H2,1-4H3,(H,23,29)(H,31,32);/q;+1/p-1/t10-,11-,13-,15?,16?;/m1./s1. The van der Waals surface area contributed by atoms with Gasteiger partial charge >= 0.3 is 29.6 Å². The quantitative estimate of drug-likeness (QED) is 0.219. The molecule has 13 heteroatoms. The third kappa shape index (κ3) is 5.16. The average Bonchev–Trinajstić information content (AvgIpc) is 3.30. The van der Waals surface area contributed by atoms with Crippen molar-refractivity contribution in [2.75, 3.05) is 24.6 Å². The molecule has 2 unspecified atom stereocenters. The number of thioether (sulfide) groups is 1. The summed E-state index contributed by atoms with van der Waals surface area (Å²) in [4.78, 5) is 45.1. The molecule has 2 amide bonds. The summed E-state index contributed by atoms with van der Waals surface area (Å²) in [5.74, 6) is -2.76. The Bertz CT molecular complexity index is 1030. The molecule has 3 aliphatic rings. The van der Waals surface area contributed by atoms with E-state index in [-0.39, 0.29) is 82.8 Å². The largest absolute Gasteiger partial charge is 1.00 e. The maximum atomic E-state index is 12.4. The smallest absolute Gasteiger partial charge is 0.543 e. The minimum Gasteiger partial charge on any atom is -0.543 e. The number of anilines is 1. The van der Waals surface area contributed by atoms with Gasteiger partial charge in [0, 0.05) is 34.5 Å². The molecule has 1 aromatic heterocycles. The summed E-state index contributed by atoms with van der Waals surface area (Å²) in [6.07, 6.45) is -0.841. The van der Waals surface area contributed by atoms with Crippen LogP contribution < -0.4 is 44.9 Å². The van der Waals surface area contributed by atoms with Crippen LogP contribution in [0.5, 0.6) is 0 Å². The molecule has 2 fully saturated rings. The van der Waals surface area contributed by atoms with E-state index in [2.05, 4.69) is 10.3 Å². The maximum Gasteiger partial charge on any atom is 1.00 e. The number of hydrogen-bond donors (Lipinski definition) is 3. The number of aliphatic hydroxyl groups excluding tert-OH is 2. The van der Waals surface area contributed by atoms with Gasteiger partial charge < -0.3 is 35.2 Å². The maximum absolute atomic E-state index is 12.4. The van der Waals surface area contributed by atoms with Gasteiger partial charge in [-0.1, -0.05) is 20.8 Å². The second kappa shape index (κ2) is 11.1. The van der Waals surface area contributed by atoms with Crippen molar-refractivity contribution in [2.24, 2.45) is 17.8 Å². The van der Waals surface area contributed by atoms with Gasteiger partial charge in [0.1, 0.15) is 5.69 Å². The van der Waals surface area contributed by atoms with Crippen molar-refractivity contribution in [2.45, 2.75) is 51.1 Å². The molecule has 186 valence electrons. The van der Waals surface area contributed by atoms with Crippen LogP contribution in [0.4, 0.5) is 5.13 Å². The number of nitrogens with one attached hydrogen (secondary N) is 1. The number of thiazole rings is 1. The van der Waals surface area contributed by atoms with E-state index < -0.39 is 18.0 Å². The molecule has 5 atom stereocenters. The average molecular weight is 533 g/mol. The van der Waals surface area contributed by atoms with Crippen LogP contribution in [0.25, 0.3) is 0 Å². The van der Waals surface area contributed by atoms with Crippen LogP contribution in [-0.2, 0) is 9.59 Å². The van der Waals surface area contributed by atoms with E-state index in [1.807, 2.05) is 25.7 Å². The van der Waals surface area contributed by atoms with E-state index in [0.29, 0.717) is 28.8 Å². The van der Waals surface area contributed by atoms with Crippen molar-refractivity contribution >= 4 is 46.0 Å².